The number of halogens is 1. The number of carbonyl (C=O) groups is 2. The molecule has 0 saturated heterocycles. The maximum atomic E-state index is 11.5. The first-order chi connectivity index (χ1) is 7.45. The second-order valence-corrected chi connectivity index (χ2v) is 5.27. The first-order valence-electron chi connectivity index (χ1n) is 5.62. The number of hydrogen-bond donors (Lipinski definition) is 2. The molecule has 4 nitrogen and oxygen atoms in total. The molecule has 92 valence electrons. The van der Waals surface area contributed by atoms with E-state index in [1.165, 1.54) is 0 Å². The molecule has 3 amide bonds. The molecule has 1 aliphatic carbocycles. The van der Waals surface area contributed by atoms with Gasteiger partial charge in [-0.15, -0.1) is 11.6 Å². The number of urea groups is 1. The van der Waals surface area contributed by atoms with Gasteiger partial charge < -0.3 is 5.32 Å². The van der Waals surface area contributed by atoms with Gasteiger partial charge in [0.15, 0.2) is 0 Å². The predicted molar refractivity (Wildman–Crippen MR) is 63.4 cm³/mol. The minimum atomic E-state index is -0.407. The van der Waals surface area contributed by atoms with Gasteiger partial charge in [-0.05, 0) is 18.3 Å². The van der Waals surface area contributed by atoms with E-state index in [0.29, 0.717) is 0 Å². The molecule has 1 unspecified atom stereocenters. The lowest BCUT2D eigenvalue weighted by Crippen LogP contribution is -2.48. The van der Waals surface area contributed by atoms with Crippen molar-refractivity contribution in [2.24, 2.45) is 5.41 Å². The van der Waals surface area contributed by atoms with Crippen LogP contribution in [-0.4, -0.2) is 23.9 Å². The summed E-state index contributed by atoms with van der Waals surface area (Å²) < 4.78 is 0. The van der Waals surface area contributed by atoms with Crippen molar-refractivity contribution in [3.63, 3.8) is 0 Å². The van der Waals surface area contributed by atoms with Gasteiger partial charge in [0.2, 0.25) is 5.91 Å². The number of nitrogens with one attached hydrogen (secondary N) is 2. The van der Waals surface area contributed by atoms with Crippen LogP contribution in [0.4, 0.5) is 4.79 Å². The van der Waals surface area contributed by atoms with Crippen LogP contribution in [0.2, 0.25) is 0 Å². The van der Waals surface area contributed by atoms with E-state index in [1.807, 2.05) is 0 Å². The van der Waals surface area contributed by atoms with E-state index in [0.717, 1.165) is 19.3 Å². The first-order valence-corrected chi connectivity index (χ1v) is 6.15. The van der Waals surface area contributed by atoms with Crippen LogP contribution in [0.5, 0.6) is 0 Å². The Morgan fingerprint density at radius 3 is 2.62 bits per heavy atom. The van der Waals surface area contributed by atoms with Gasteiger partial charge in [-0.2, -0.15) is 0 Å². The maximum Gasteiger partial charge on any atom is 0.321 e. The van der Waals surface area contributed by atoms with Gasteiger partial charge in [0.25, 0.3) is 0 Å². The topological polar surface area (TPSA) is 58.2 Å². The molecule has 16 heavy (non-hydrogen) atoms. The third kappa shape index (κ3) is 3.67. The Labute approximate surface area is 101 Å². The van der Waals surface area contributed by atoms with E-state index >= 15 is 0 Å². The largest absolute Gasteiger partial charge is 0.335 e. The molecule has 0 spiro atoms. The Morgan fingerprint density at radius 1 is 1.44 bits per heavy atom. The molecule has 0 bridgehead atoms. The third-order valence-corrected chi connectivity index (χ3v) is 3.33. The van der Waals surface area contributed by atoms with Crippen LogP contribution in [-0.2, 0) is 4.79 Å². The van der Waals surface area contributed by atoms with Gasteiger partial charge >= 0.3 is 6.03 Å². The molecule has 1 aliphatic rings. The maximum absolute atomic E-state index is 11.5. The molecular weight excluding hydrogens is 228 g/mol. The summed E-state index contributed by atoms with van der Waals surface area (Å²) in [6.45, 7) is 4.26. The van der Waals surface area contributed by atoms with Crippen LogP contribution < -0.4 is 10.6 Å². The summed E-state index contributed by atoms with van der Waals surface area (Å²) in [7, 11) is 0. The minimum Gasteiger partial charge on any atom is -0.335 e. The second-order valence-electron chi connectivity index (χ2n) is 4.89. The molecule has 0 heterocycles. The lowest BCUT2D eigenvalue weighted by Gasteiger charge is -2.27. The summed E-state index contributed by atoms with van der Waals surface area (Å²) in [5.74, 6) is -0.100. The van der Waals surface area contributed by atoms with Crippen molar-refractivity contribution in [3.8, 4) is 0 Å². The van der Waals surface area contributed by atoms with Crippen molar-refractivity contribution >= 4 is 23.5 Å². The number of imide groups is 1. The molecule has 1 saturated carbocycles. The Balaban J connectivity index is 2.37. The lowest BCUT2D eigenvalue weighted by atomic mass is 9.87. The van der Waals surface area contributed by atoms with Crippen LogP contribution in [0.1, 0.15) is 39.5 Å². The van der Waals surface area contributed by atoms with Crippen molar-refractivity contribution in [2.75, 3.05) is 5.88 Å². The highest BCUT2D eigenvalue weighted by atomic mass is 35.5. The molecule has 1 fully saturated rings. The summed E-state index contributed by atoms with van der Waals surface area (Å²) in [6.07, 6.45) is 3.37. The standard InChI is InChI=1S/C11H19ClN2O2/c1-11(2)6-3-4-8(11)13-10(16)14-9(15)5-7-12/h8H,3-7H2,1-2H3,(H2,13,14,15,16). The fourth-order valence-corrected chi connectivity index (χ4v) is 2.24. The third-order valence-electron chi connectivity index (χ3n) is 3.14. The Kier molecular flexibility index (Phi) is 4.59. The number of rotatable bonds is 3. The van der Waals surface area contributed by atoms with Crippen LogP contribution in [0.15, 0.2) is 0 Å². The summed E-state index contributed by atoms with van der Waals surface area (Å²) >= 11 is 5.40. The average molecular weight is 247 g/mol. The van der Waals surface area contributed by atoms with Crippen LogP contribution in [0.25, 0.3) is 0 Å². The molecule has 1 rings (SSSR count). The van der Waals surface area contributed by atoms with Gasteiger partial charge in [-0.3, -0.25) is 10.1 Å². The summed E-state index contributed by atoms with van der Waals surface area (Å²) in [5.41, 5.74) is 0.118. The Morgan fingerprint density at radius 2 is 2.12 bits per heavy atom. The van der Waals surface area contributed by atoms with Crippen LogP contribution in [0.3, 0.4) is 0 Å². The highest BCUT2D eigenvalue weighted by Crippen LogP contribution is 2.36. The Bertz CT molecular complexity index is 279. The lowest BCUT2D eigenvalue weighted by molar-refractivity contribution is -0.119. The van der Waals surface area contributed by atoms with E-state index in [1.54, 1.807) is 0 Å². The van der Waals surface area contributed by atoms with E-state index in [4.69, 9.17) is 11.6 Å². The van der Waals surface area contributed by atoms with Crippen molar-refractivity contribution in [3.05, 3.63) is 0 Å². The van der Waals surface area contributed by atoms with Crippen molar-refractivity contribution in [1.29, 1.82) is 0 Å². The van der Waals surface area contributed by atoms with Gasteiger partial charge in [-0.1, -0.05) is 20.3 Å². The van der Waals surface area contributed by atoms with Crippen molar-refractivity contribution in [1.82, 2.24) is 10.6 Å². The number of carbonyl (C=O) groups excluding carboxylic acids is 2. The van der Waals surface area contributed by atoms with Gasteiger partial charge in [-0.25, -0.2) is 4.79 Å². The number of amides is 3. The average Bonchev–Trinajstić information content (AvgIpc) is 2.46. The minimum absolute atomic E-state index is 0.118. The quantitative estimate of drug-likeness (QED) is 0.749. The summed E-state index contributed by atoms with van der Waals surface area (Å²) in [4.78, 5) is 22.6. The zero-order chi connectivity index (χ0) is 12.2. The molecule has 0 aliphatic heterocycles. The van der Waals surface area contributed by atoms with E-state index in [-0.39, 0.29) is 29.7 Å². The SMILES string of the molecule is CC1(C)CCCC1NC(=O)NC(=O)CCCl. The number of hydrogen-bond acceptors (Lipinski definition) is 2. The van der Waals surface area contributed by atoms with Crippen molar-refractivity contribution in [2.45, 2.75) is 45.6 Å². The summed E-state index contributed by atoms with van der Waals surface area (Å²) in [6, 6.07) is -0.258. The molecule has 5 heteroatoms. The first kappa shape index (κ1) is 13.3. The zero-order valence-corrected chi connectivity index (χ0v) is 10.6. The highest BCUT2D eigenvalue weighted by molar-refractivity contribution is 6.19. The van der Waals surface area contributed by atoms with E-state index < -0.39 is 6.03 Å². The van der Waals surface area contributed by atoms with Crippen LogP contribution >= 0.6 is 11.6 Å². The fraction of sp³-hybridized carbons (Fsp3) is 0.818. The van der Waals surface area contributed by atoms with Gasteiger partial charge in [0.1, 0.15) is 0 Å². The van der Waals surface area contributed by atoms with Gasteiger partial charge in [0, 0.05) is 18.3 Å². The monoisotopic (exact) mass is 246 g/mol. The molecule has 0 aromatic rings. The van der Waals surface area contributed by atoms with E-state index in [9.17, 15) is 9.59 Å². The van der Waals surface area contributed by atoms with E-state index in [2.05, 4.69) is 24.5 Å². The van der Waals surface area contributed by atoms with Gasteiger partial charge in [0.05, 0.1) is 0 Å². The summed E-state index contributed by atoms with van der Waals surface area (Å²) in [5, 5.41) is 5.12. The molecular formula is C11H19ClN2O2. The Hall–Kier alpha value is -0.770. The molecule has 1 atom stereocenters. The normalized spacial score (nSPS) is 22.8. The van der Waals surface area contributed by atoms with Crippen molar-refractivity contribution < 1.29 is 9.59 Å². The molecule has 2 N–H and O–H groups in total. The molecule has 0 aromatic heterocycles. The van der Waals surface area contributed by atoms with Crippen LogP contribution in [0, 0.1) is 5.41 Å². The number of alkyl halides is 1. The second kappa shape index (κ2) is 5.53. The smallest absolute Gasteiger partial charge is 0.321 e. The predicted octanol–water partition coefficient (Wildman–Crippen LogP) is 2.02. The fourth-order valence-electron chi connectivity index (χ4n) is 2.06. The highest BCUT2D eigenvalue weighted by Gasteiger charge is 2.35. The molecule has 0 aromatic carbocycles. The molecule has 0 radical (unpaired) electrons. The zero-order valence-electron chi connectivity index (χ0n) is 9.81.